The van der Waals surface area contributed by atoms with Crippen molar-refractivity contribution >= 4 is 27.9 Å². The molecule has 2 aromatic heterocycles. The molecule has 3 aromatic rings. The summed E-state index contributed by atoms with van der Waals surface area (Å²) in [6.45, 7) is 2.17. The SMILES string of the molecule is CCCC(Nc1cc2ccccc2c(=O)[nH]1)c1cccs1. The zero-order valence-electron chi connectivity index (χ0n) is 11.9. The van der Waals surface area contributed by atoms with E-state index >= 15 is 0 Å². The number of hydrogen-bond acceptors (Lipinski definition) is 3. The van der Waals surface area contributed by atoms with Gasteiger partial charge in [-0.25, -0.2) is 0 Å². The number of fused-ring (bicyclic) bond motifs is 1. The van der Waals surface area contributed by atoms with Gasteiger partial charge in [-0.15, -0.1) is 11.3 Å². The maximum absolute atomic E-state index is 12.1. The largest absolute Gasteiger partial charge is 0.364 e. The summed E-state index contributed by atoms with van der Waals surface area (Å²) in [4.78, 5) is 16.4. The van der Waals surface area contributed by atoms with Gasteiger partial charge in [-0.1, -0.05) is 37.6 Å². The molecule has 21 heavy (non-hydrogen) atoms. The molecule has 3 nitrogen and oxygen atoms in total. The third-order valence-corrected chi connectivity index (χ3v) is 4.53. The minimum Gasteiger partial charge on any atom is -0.364 e. The van der Waals surface area contributed by atoms with Crippen LogP contribution >= 0.6 is 11.3 Å². The lowest BCUT2D eigenvalue weighted by atomic mass is 10.1. The first-order valence-corrected chi connectivity index (χ1v) is 8.08. The van der Waals surface area contributed by atoms with E-state index in [-0.39, 0.29) is 11.6 Å². The lowest BCUT2D eigenvalue weighted by Crippen LogP contribution is -2.14. The first-order valence-electron chi connectivity index (χ1n) is 7.20. The molecule has 0 saturated carbocycles. The topological polar surface area (TPSA) is 44.9 Å². The van der Waals surface area contributed by atoms with E-state index in [1.165, 1.54) is 4.88 Å². The van der Waals surface area contributed by atoms with Gasteiger partial charge in [0, 0.05) is 10.3 Å². The molecule has 3 rings (SSSR count). The van der Waals surface area contributed by atoms with Crippen LogP contribution in [0.4, 0.5) is 5.82 Å². The number of aromatic nitrogens is 1. The molecule has 4 heteroatoms. The Bertz CT molecular complexity index is 777. The van der Waals surface area contributed by atoms with E-state index in [9.17, 15) is 4.79 Å². The Morgan fingerprint density at radius 2 is 2.10 bits per heavy atom. The van der Waals surface area contributed by atoms with Crippen LogP contribution in [0.25, 0.3) is 10.8 Å². The molecule has 0 aliphatic rings. The summed E-state index contributed by atoms with van der Waals surface area (Å²) in [5.74, 6) is 0.783. The standard InChI is InChI=1S/C17H18N2OS/c1-2-6-14(15-9-5-10-21-15)18-16-11-12-7-3-4-8-13(12)17(20)19-16/h3-5,7-11,14H,2,6H2,1H3,(H2,18,19,20). The van der Waals surface area contributed by atoms with Crippen molar-refractivity contribution in [2.45, 2.75) is 25.8 Å². The van der Waals surface area contributed by atoms with Crippen LogP contribution in [0.3, 0.4) is 0 Å². The quantitative estimate of drug-likeness (QED) is 0.726. The molecule has 0 saturated heterocycles. The van der Waals surface area contributed by atoms with Gasteiger partial charge in [-0.05, 0) is 35.4 Å². The summed E-state index contributed by atoms with van der Waals surface area (Å²) in [5, 5.41) is 7.25. The van der Waals surface area contributed by atoms with Crippen LogP contribution in [0, 0.1) is 0 Å². The Kier molecular flexibility index (Phi) is 4.06. The van der Waals surface area contributed by atoms with Crippen molar-refractivity contribution in [1.29, 1.82) is 0 Å². The van der Waals surface area contributed by atoms with Crippen molar-refractivity contribution < 1.29 is 0 Å². The highest BCUT2D eigenvalue weighted by atomic mass is 32.1. The van der Waals surface area contributed by atoms with Gasteiger partial charge in [0.15, 0.2) is 0 Å². The Labute approximate surface area is 127 Å². The second kappa shape index (κ2) is 6.14. The molecule has 0 bridgehead atoms. The predicted molar refractivity (Wildman–Crippen MR) is 90.2 cm³/mol. The van der Waals surface area contributed by atoms with Crippen LogP contribution in [0.2, 0.25) is 0 Å². The molecule has 1 aromatic carbocycles. The summed E-state index contributed by atoms with van der Waals surface area (Å²) in [7, 11) is 0. The van der Waals surface area contributed by atoms with Crippen LogP contribution in [-0.2, 0) is 0 Å². The second-order valence-electron chi connectivity index (χ2n) is 5.10. The summed E-state index contributed by atoms with van der Waals surface area (Å²) >= 11 is 1.74. The van der Waals surface area contributed by atoms with E-state index in [1.807, 2.05) is 30.3 Å². The van der Waals surface area contributed by atoms with Gasteiger partial charge in [0.05, 0.1) is 6.04 Å². The van der Waals surface area contributed by atoms with Gasteiger partial charge in [0.2, 0.25) is 0 Å². The fraction of sp³-hybridized carbons (Fsp3) is 0.235. The third-order valence-electron chi connectivity index (χ3n) is 3.55. The highest BCUT2D eigenvalue weighted by molar-refractivity contribution is 7.10. The number of nitrogens with one attached hydrogen (secondary N) is 2. The number of thiophene rings is 1. The van der Waals surface area contributed by atoms with Gasteiger partial charge < -0.3 is 10.3 Å². The van der Waals surface area contributed by atoms with E-state index < -0.39 is 0 Å². The van der Waals surface area contributed by atoms with Gasteiger partial charge in [0.1, 0.15) is 5.82 Å². The predicted octanol–water partition coefficient (Wildman–Crippen LogP) is 4.54. The van der Waals surface area contributed by atoms with Crippen LogP contribution in [-0.4, -0.2) is 4.98 Å². The number of H-pyrrole nitrogens is 1. The first-order chi connectivity index (χ1) is 10.3. The molecular weight excluding hydrogens is 280 g/mol. The molecule has 0 aliphatic carbocycles. The number of benzene rings is 1. The number of pyridine rings is 1. The second-order valence-corrected chi connectivity index (χ2v) is 6.08. The van der Waals surface area contributed by atoms with Gasteiger partial charge in [0.25, 0.3) is 5.56 Å². The fourth-order valence-corrected chi connectivity index (χ4v) is 3.35. The Balaban J connectivity index is 1.94. The number of aromatic amines is 1. The van der Waals surface area contributed by atoms with Crippen molar-refractivity contribution in [3.8, 4) is 0 Å². The average Bonchev–Trinajstić information content (AvgIpc) is 3.01. The fourth-order valence-electron chi connectivity index (χ4n) is 2.54. The minimum absolute atomic E-state index is 0.0444. The molecule has 0 radical (unpaired) electrons. The Morgan fingerprint density at radius 3 is 2.86 bits per heavy atom. The lowest BCUT2D eigenvalue weighted by molar-refractivity contribution is 0.684. The maximum atomic E-state index is 12.1. The van der Waals surface area contributed by atoms with Crippen molar-refractivity contribution in [3.05, 3.63) is 63.1 Å². The van der Waals surface area contributed by atoms with Crippen molar-refractivity contribution in [3.63, 3.8) is 0 Å². The molecule has 2 heterocycles. The van der Waals surface area contributed by atoms with Crippen LogP contribution in [0.15, 0.2) is 52.6 Å². The van der Waals surface area contributed by atoms with Gasteiger partial charge >= 0.3 is 0 Å². The summed E-state index contributed by atoms with van der Waals surface area (Å²) < 4.78 is 0. The zero-order chi connectivity index (χ0) is 14.7. The lowest BCUT2D eigenvalue weighted by Gasteiger charge is -2.18. The highest BCUT2D eigenvalue weighted by Crippen LogP contribution is 2.27. The zero-order valence-corrected chi connectivity index (χ0v) is 12.7. The van der Waals surface area contributed by atoms with Gasteiger partial charge in [-0.3, -0.25) is 4.79 Å². The van der Waals surface area contributed by atoms with Crippen molar-refractivity contribution in [1.82, 2.24) is 4.98 Å². The molecule has 1 unspecified atom stereocenters. The number of anilines is 1. The number of rotatable bonds is 5. The summed E-state index contributed by atoms with van der Waals surface area (Å²) in [5.41, 5.74) is -0.0444. The third kappa shape index (κ3) is 3.00. The van der Waals surface area contributed by atoms with Crippen molar-refractivity contribution in [2.75, 3.05) is 5.32 Å². The van der Waals surface area contributed by atoms with Crippen LogP contribution in [0.1, 0.15) is 30.7 Å². The Morgan fingerprint density at radius 1 is 1.24 bits per heavy atom. The van der Waals surface area contributed by atoms with E-state index in [1.54, 1.807) is 11.3 Å². The molecule has 0 spiro atoms. The average molecular weight is 298 g/mol. The summed E-state index contributed by atoms with van der Waals surface area (Å²) in [6, 6.07) is 14.1. The normalized spacial score (nSPS) is 12.4. The van der Waals surface area contributed by atoms with Crippen molar-refractivity contribution in [2.24, 2.45) is 0 Å². The van der Waals surface area contributed by atoms with E-state index in [2.05, 4.69) is 34.7 Å². The molecular formula is C17H18N2OS. The van der Waals surface area contributed by atoms with E-state index in [4.69, 9.17) is 0 Å². The van der Waals surface area contributed by atoms with Crippen LogP contribution in [0.5, 0.6) is 0 Å². The smallest absolute Gasteiger partial charge is 0.257 e. The molecule has 1 atom stereocenters. The highest BCUT2D eigenvalue weighted by Gasteiger charge is 2.12. The molecule has 108 valence electrons. The number of hydrogen-bond donors (Lipinski definition) is 2. The monoisotopic (exact) mass is 298 g/mol. The maximum Gasteiger partial charge on any atom is 0.257 e. The van der Waals surface area contributed by atoms with Crippen LogP contribution < -0.4 is 10.9 Å². The minimum atomic E-state index is -0.0444. The molecule has 0 amide bonds. The molecule has 0 fully saturated rings. The summed E-state index contributed by atoms with van der Waals surface area (Å²) in [6.07, 6.45) is 2.13. The molecule has 2 N–H and O–H groups in total. The van der Waals surface area contributed by atoms with E-state index in [0.717, 1.165) is 29.4 Å². The Hall–Kier alpha value is -2.07. The molecule has 0 aliphatic heterocycles. The first kappa shape index (κ1) is 13.9. The van der Waals surface area contributed by atoms with E-state index in [0.29, 0.717) is 0 Å². The van der Waals surface area contributed by atoms with Gasteiger partial charge in [-0.2, -0.15) is 0 Å².